The van der Waals surface area contributed by atoms with Crippen molar-refractivity contribution in [1.29, 1.82) is 0 Å². The Morgan fingerprint density at radius 1 is 1.33 bits per heavy atom. The molecule has 1 aromatic carbocycles. The zero-order chi connectivity index (χ0) is 10.3. The van der Waals surface area contributed by atoms with Crippen molar-refractivity contribution in [2.45, 2.75) is 37.7 Å². The van der Waals surface area contributed by atoms with Crippen LogP contribution in [0.25, 0.3) is 0 Å². The van der Waals surface area contributed by atoms with Gasteiger partial charge in [0.25, 0.3) is 0 Å². The molecule has 15 heavy (non-hydrogen) atoms. The van der Waals surface area contributed by atoms with Crippen molar-refractivity contribution in [1.82, 2.24) is 0 Å². The largest absolute Gasteiger partial charge is 0.493 e. The maximum absolute atomic E-state index is 9.80. The Bertz CT molecular complexity index is 380. The summed E-state index contributed by atoms with van der Waals surface area (Å²) in [4.78, 5) is 0. The fourth-order valence-electron chi connectivity index (χ4n) is 2.24. The van der Waals surface area contributed by atoms with E-state index in [2.05, 4.69) is 18.2 Å². The van der Waals surface area contributed by atoms with Gasteiger partial charge in [0.1, 0.15) is 5.75 Å². The molecule has 2 heteroatoms. The third-order valence-electron chi connectivity index (χ3n) is 3.48. The van der Waals surface area contributed by atoms with Gasteiger partial charge in [-0.25, -0.2) is 0 Å². The Labute approximate surface area is 89.9 Å². The standard InChI is InChI=1S/C13H16O2/c14-13(7-8-13)6-4-10-2-1-3-11-5-9-15-12(10)11/h1-3,14H,4-9H2. The highest BCUT2D eigenvalue weighted by molar-refractivity contribution is 5.44. The number of para-hydroxylation sites is 1. The number of ether oxygens (including phenoxy) is 1. The molecule has 1 N–H and O–H groups in total. The van der Waals surface area contributed by atoms with E-state index in [0.717, 1.165) is 44.5 Å². The predicted octanol–water partition coefficient (Wildman–Crippen LogP) is 2.08. The van der Waals surface area contributed by atoms with E-state index in [9.17, 15) is 5.11 Å². The average molecular weight is 204 g/mol. The quantitative estimate of drug-likeness (QED) is 0.816. The molecule has 0 atom stereocenters. The molecule has 0 bridgehead atoms. The monoisotopic (exact) mass is 204 g/mol. The van der Waals surface area contributed by atoms with Gasteiger partial charge in [0.15, 0.2) is 0 Å². The third-order valence-corrected chi connectivity index (χ3v) is 3.48. The zero-order valence-corrected chi connectivity index (χ0v) is 8.83. The van der Waals surface area contributed by atoms with Crippen molar-refractivity contribution in [2.75, 3.05) is 6.61 Å². The van der Waals surface area contributed by atoms with Crippen LogP contribution in [0.4, 0.5) is 0 Å². The molecule has 0 saturated heterocycles. The number of rotatable bonds is 3. The van der Waals surface area contributed by atoms with Crippen LogP contribution >= 0.6 is 0 Å². The molecule has 1 aliphatic heterocycles. The fourth-order valence-corrected chi connectivity index (χ4v) is 2.24. The Balaban J connectivity index is 1.77. The Morgan fingerprint density at radius 3 is 3.00 bits per heavy atom. The van der Waals surface area contributed by atoms with E-state index in [4.69, 9.17) is 4.74 Å². The molecule has 1 fully saturated rings. The molecule has 0 unspecified atom stereocenters. The minimum absolute atomic E-state index is 0.346. The van der Waals surface area contributed by atoms with E-state index in [-0.39, 0.29) is 5.60 Å². The van der Waals surface area contributed by atoms with E-state index in [0.29, 0.717) is 0 Å². The highest BCUT2D eigenvalue weighted by atomic mass is 16.5. The number of hydrogen-bond donors (Lipinski definition) is 1. The topological polar surface area (TPSA) is 29.5 Å². The summed E-state index contributed by atoms with van der Waals surface area (Å²) in [7, 11) is 0. The fraction of sp³-hybridized carbons (Fsp3) is 0.538. The highest BCUT2D eigenvalue weighted by Crippen LogP contribution is 2.40. The lowest BCUT2D eigenvalue weighted by Crippen LogP contribution is -2.08. The second-order valence-electron chi connectivity index (χ2n) is 4.73. The van der Waals surface area contributed by atoms with Gasteiger partial charge in [-0.15, -0.1) is 0 Å². The maximum atomic E-state index is 9.80. The molecule has 1 aromatic rings. The third kappa shape index (κ3) is 1.74. The van der Waals surface area contributed by atoms with Gasteiger partial charge in [-0.3, -0.25) is 0 Å². The highest BCUT2D eigenvalue weighted by Gasteiger charge is 2.39. The first kappa shape index (κ1) is 9.22. The van der Waals surface area contributed by atoms with E-state index in [1.807, 2.05) is 0 Å². The summed E-state index contributed by atoms with van der Waals surface area (Å²) in [5.74, 6) is 1.08. The SMILES string of the molecule is OC1(CCc2cccc3c2OCC3)CC1. The average Bonchev–Trinajstić information content (AvgIpc) is 2.80. The molecule has 2 nitrogen and oxygen atoms in total. The Kier molecular flexibility index (Phi) is 1.99. The smallest absolute Gasteiger partial charge is 0.125 e. The number of aryl methyl sites for hydroxylation is 1. The Hall–Kier alpha value is -1.02. The summed E-state index contributed by atoms with van der Waals surface area (Å²) in [6.07, 6.45) is 4.81. The first-order chi connectivity index (χ1) is 7.27. The minimum atomic E-state index is -0.346. The van der Waals surface area contributed by atoms with Crippen molar-refractivity contribution in [2.24, 2.45) is 0 Å². The van der Waals surface area contributed by atoms with E-state index >= 15 is 0 Å². The van der Waals surface area contributed by atoms with Crippen LogP contribution < -0.4 is 4.74 Å². The van der Waals surface area contributed by atoms with Crippen LogP contribution in [0.3, 0.4) is 0 Å². The molecule has 0 amide bonds. The van der Waals surface area contributed by atoms with Crippen LogP contribution in [0.1, 0.15) is 30.4 Å². The lowest BCUT2D eigenvalue weighted by Gasteiger charge is -2.10. The maximum Gasteiger partial charge on any atom is 0.125 e. The van der Waals surface area contributed by atoms with Crippen LogP contribution in [0, 0.1) is 0 Å². The predicted molar refractivity (Wildman–Crippen MR) is 58.1 cm³/mol. The molecule has 1 heterocycles. The second kappa shape index (κ2) is 3.24. The van der Waals surface area contributed by atoms with Crippen LogP contribution in [-0.4, -0.2) is 17.3 Å². The molecule has 3 rings (SSSR count). The number of aliphatic hydroxyl groups is 1. The normalized spacial score (nSPS) is 20.9. The van der Waals surface area contributed by atoms with Crippen molar-refractivity contribution in [3.05, 3.63) is 29.3 Å². The molecule has 0 spiro atoms. The minimum Gasteiger partial charge on any atom is -0.493 e. The first-order valence-electron chi connectivity index (χ1n) is 5.73. The molecule has 0 aromatic heterocycles. The summed E-state index contributed by atoms with van der Waals surface area (Å²) in [5, 5.41) is 9.80. The van der Waals surface area contributed by atoms with Gasteiger partial charge in [-0.1, -0.05) is 18.2 Å². The van der Waals surface area contributed by atoms with Gasteiger partial charge in [0.2, 0.25) is 0 Å². The molecule has 1 aliphatic carbocycles. The summed E-state index contributed by atoms with van der Waals surface area (Å²) in [6, 6.07) is 6.35. The van der Waals surface area contributed by atoms with Gasteiger partial charge >= 0.3 is 0 Å². The van der Waals surface area contributed by atoms with Gasteiger partial charge < -0.3 is 9.84 Å². The van der Waals surface area contributed by atoms with Gasteiger partial charge in [-0.2, -0.15) is 0 Å². The van der Waals surface area contributed by atoms with Crippen LogP contribution in [-0.2, 0) is 12.8 Å². The van der Waals surface area contributed by atoms with Crippen LogP contribution in [0.5, 0.6) is 5.75 Å². The van der Waals surface area contributed by atoms with Crippen LogP contribution in [0.15, 0.2) is 18.2 Å². The van der Waals surface area contributed by atoms with Gasteiger partial charge in [0.05, 0.1) is 12.2 Å². The van der Waals surface area contributed by atoms with Crippen molar-refractivity contribution in [3.63, 3.8) is 0 Å². The van der Waals surface area contributed by atoms with Crippen molar-refractivity contribution in [3.8, 4) is 5.75 Å². The summed E-state index contributed by atoms with van der Waals surface area (Å²) in [5.41, 5.74) is 2.25. The number of benzene rings is 1. The summed E-state index contributed by atoms with van der Waals surface area (Å²) < 4.78 is 5.63. The van der Waals surface area contributed by atoms with Gasteiger partial charge in [0, 0.05) is 6.42 Å². The molecule has 1 saturated carbocycles. The van der Waals surface area contributed by atoms with Crippen LogP contribution in [0.2, 0.25) is 0 Å². The number of hydrogen-bond acceptors (Lipinski definition) is 2. The lowest BCUT2D eigenvalue weighted by molar-refractivity contribution is 0.140. The molecule has 80 valence electrons. The second-order valence-corrected chi connectivity index (χ2v) is 4.73. The lowest BCUT2D eigenvalue weighted by atomic mass is 10.0. The number of fused-ring (bicyclic) bond motifs is 1. The summed E-state index contributed by atoms with van der Waals surface area (Å²) >= 11 is 0. The van der Waals surface area contributed by atoms with E-state index in [1.54, 1.807) is 0 Å². The zero-order valence-electron chi connectivity index (χ0n) is 8.83. The first-order valence-corrected chi connectivity index (χ1v) is 5.73. The molecular formula is C13H16O2. The molecular weight excluding hydrogens is 188 g/mol. The van der Waals surface area contributed by atoms with E-state index in [1.165, 1.54) is 11.1 Å². The van der Waals surface area contributed by atoms with Gasteiger partial charge in [-0.05, 0) is 36.8 Å². The summed E-state index contributed by atoms with van der Waals surface area (Å²) in [6.45, 7) is 0.816. The Morgan fingerprint density at radius 2 is 2.20 bits per heavy atom. The van der Waals surface area contributed by atoms with Crippen molar-refractivity contribution >= 4 is 0 Å². The molecule has 0 radical (unpaired) electrons. The van der Waals surface area contributed by atoms with E-state index < -0.39 is 0 Å². The van der Waals surface area contributed by atoms with Crippen molar-refractivity contribution < 1.29 is 9.84 Å². The molecule has 2 aliphatic rings.